The Morgan fingerprint density at radius 1 is 0.355 bits per heavy atom. The lowest BCUT2D eigenvalue weighted by Crippen LogP contribution is -2.63. The van der Waals surface area contributed by atoms with Crippen molar-refractivity contribution in [2.45, 2.75) is 267 Å². The molecule has 0 saturated carbocycles. The molecular weight excluding hydrogens is 1740 g/mol. The molecule has 8 heterocycles. The van der Waals surface area contributed by atoms with Gasteiger partial charge in [-0.05, 0) is 210 Å². The standard InChI is InChI=1S/C17H25NO3.3C17H27NO2.C16H25NO3.C16H25NO2.C15H23NO2/c1-16(2,3)13-5-6-14(15(9-13)19-4)18-7-8-21-17(10-18)11-20-12-17;1-12-10-18(11-13(2)20-12)15-8-7-14(17(3,4)5)9-16(15)19-6;1-16(2,3)13-7-8-14(15(11-13)19-6)18-9-10-20-12-17(18,4)5;1-16(2,3)13-7-8-14(15(11-13)19-6)18-9-10-20-17(4,5)12-18;1-16(2,3)12-5-6-14(15(9-12)19-4)17-7-8-20-13(10-17)11-18;1-5-19-15-12-13(16(2,3)4)6-7-14(15)17-8-10-18-11-9-17;1-15(2,3)12-5-6-13(14(11-12)17-4)16-7-9-18-10-8-16/h5-6,9H,7-8,10-12H2,1-4H3;7-9,12-13H,10-11H2,1-6H3;2*7-8,11H,9-10,12H2,1-6H3;5-6,9,13,18H,7-8,10-11H2,1-4H3;6-7,12H,5,8-11H2,1-4H3;5-6,11H,7-10H2,1-4H3/i;;9D2,10D2,12D2;;;;. The Morgan fingerprint density at radius 3 is 0.993 bits per heavy atom. The van der Waals surface area contributed by atoms with E-state index < -0.39 is 25.2 Å². The van der Waals surface area contributed by atoms with E-state index in [1.807, 2.05) is 33.8 Å². The van der Waals surface area contributed by atoms with Gasteiger partial charge < -0.3 is 110 Å². The summed E-state index contributed by atoms with van der Waals surface area (Å²) in [5, 5.41) is 9.25. The third-order valence-electron chi connectivity index (χ3n) is 25.9. The largest absolute Gasteiger partial charge is 0.495 e. The second-order valence-corrected chi connectivity index (χ2v) is 45.5. The van der Waals surface area contributed by atoms with Crippen LogP contribution < -0.4 is 67.5 Å². The molecule has 0 radical (unpaired) electrons. The van der Waals surface area contributed by atoms with Gasteiger partial charge in [0.05, 0.1) is 212 Å². The molecule has 3 atom stereocenters. The summed E-state index contributed by atoms with van der Waals surface area (Å²) in [6, 6.07) is 44.4. The van der Waals surface area contributed by atoms with Gasteiger partial charge in [-0.15, -0.1) is 0 Å². The third kappa shape index (κ3) is 31.7. The Kier molecular flexibility index (Phi) is 36.8. The molecule has 7 aromatic carbocycles. The van der Waals surface area contributed by atoms with Crippen molar-refractivity contribution in [1.82, 2.24) is 0 Å². The Morgan fingerprint density at radius 2 is 0.659 bits per heavy atom. The molecule has 0 bridgehead atoms. The predicted octanol–water partition coefficient (Wildman–Crippen LogP) is 21.7. The van der Waals surface area contributed by atoms with Crippen LogP contribution >= 0.6 is 0 Å². The fourth-order valence-electron chi connectivity index (χ4n) is 17.4. The second-order valence-electron chi connectivity index (χ2n) is 45.5. The van der Waals surface area contributed by atoms with Crippen molar-refractivity contribution in [2.75, 3.05) is 248 Å². The quantitative estimate of drug-likeness (QED) is 0.0963. The van der Waals surface area contributed by atoms with Gasteiger partial charge in [-0.2, -0.15) is 0 Å². The van der Waals surface area contributed by atoms with E-state index in [9.17, 15) is 5.11 Å². The van der Waals surface area contributed by atoms with Crippen LogP contribution in [-0.2, 0) is 75.8 Å². The fraction of sp³-hybridized carbons (Fsp3) is 0.635. The number of benzene rings is 7. The average Bonchev–Trinajstić information content (AvgIpc) is 0.698. The molecule has 23 nitrogen and oxygen atoms in total. The first-order valence-electron chi connectivity index (χ1n) is 52.7. The number of morpholine rings is 7. The first-order valence-corrected chi connectivity index (χ1v) is 49.7. The minimum Gasteiger partial charge on any atom is -0.495 e. The monoisotopic (exact) mass is 1920 g/mol. The number of hydrogen-bond donors (Lipinski definition) is 1. The number of hydrogen-bond acceptors (Lipinski definition) is 23. The minimum absolute atomic E-state index is 0.0545. The first kappa shape index (κ1) is 104. The zero-order valence-corrected chi connectivity index (χ0v) is 90.8. The van der Waals surface area contributed by atoms with Crippen molar-refractivity contribution in [3.05, 3.63) is 166 Å². The lowest BCUT2D eigenvalue weighted by molar-refractivity contribution is -0.211. The molecular formula is C115H179N7O16. The fourth-order valence-corrected chi connectivity index (χ4v) is 17.4. The Balaban J connectivity index is 0.000000188. The van der Waals surface area contributed by atoms with Gasteiger partial charge in [-0.25, -0.2) is 0 Å². The zero-order valence-electron chi connectivity index (χ0n) is 96.8. The number of methoxy groups -OCH3 is 6. The highest BCUT2D eigenvalue weighted by Crippen LogP contribution is 2.45. The summed E-state index contributed by atoms with van der Waals surface area (Å²) in [6.07, 6.45) is 0.396. The second kappa shape index (κ2) is 48.9. The Hall–Kier alpha value is -8.62. The topological polar surface area (TPSA) is 181 Å². The van der Waals surface area contributed by atoms with Gasteiger partial charge in [0.15, 0.2) is 0 Å². The Labute approximate surface area is 841 Å². The van der Waals surface area contributed by atoms with Gasteiger partial charge in [-0.1, -0.05) is 188 Å². The molecule has 1 spiro atoms. The molecule has 8 aliphatic rings. The maximum absolute atomic E-state index is 9.25. The normalized spacial score (nSPS) is 21.3. The van der Waals surface area contributed by atoms with Crippen LogP contribution in [0.25, 0.3) is 0 Å². The summed E-state index contributed by atoms with van der Waals surface area (Å²) >= 11 is 0. The smallest absolute Gasteiger partial charge is 0.142 e. The van der Waals surface area contributed by atoms with E-state index >= 15 is 0 Å². The summed E-state index contributed by atoms with van der Waals surface area (Å²) in [5.41, 5.74) is 14.8. The van der Waals surface area contributed by atoms with Crippen LogP contribution in [0, 0.1) is 0 Å². The van der Waals surface area contributed by atoms with Crippen molar-refractivity contribution < 1.29 is 84.4 Å². The number of aliphatic hydroxyl groups excluding tert-OH is 1. The molecule has 3 unspecified atom stereocenters. The maximum Gasteiger partial charge on any atom is 0.142 e. The van der Waals surface area contributed by atoms with Gasteiger partial charge >= 0.3 is 0 Å². The minimum atomic E-state index is -2.86. The molecule has 138 heavy (non-hydrogen) atoms. The van der Waals surface area contributed by atoms with Gasteiger partial charge in [-0.3, -0.25) is 0 Å². The average molecular weight is 1920 g/mol. The van der Waals surface area contributed by atoms with E-state index in [-0.39, 0.29) is 79.7 Å². The molecule has 23 heteroatoms. The first-order chi connectivity index (χ1) is 67.0. The molecule has 770 valence electrons. The molecule has 0 amide bonds. The van der Waals surface area contributed by atoms with E-state index in [0.717, 1.165) is 174 Å². The van der Waals surface area contributed by atoms with Gasteiger partial charge in [0.25, 0.3) is 0 Å². The summed E-state index contributed by atoms with van der Waals surface area (Å²) in [4.78, 5) is 15.1. The van der Waals surface area contributed by atoms with Crippen LogP contribution in [0.4, 0.5) is 39.8 Å². The van der Waals surface area contributed by atoms with Crippen LogP contribution in [0.5, 0.6) is 40.2 Å². The third-order valence-corrected chi connectivity index (χ3v) is 25.9. The lowest BCUT2D eigenvalue weighted by Gasteiger charge is -2.48. The van der Waals surface area contributed by atoms with Crippen molar-refractivity contribution in [3.63, 3.8) is 0 Å². The van der Waals surface area contributed by atoms with E-state index in [1.165, 1.54) is 71.4 Å². The predicted molar refractivity (Wildman–Crippen MR) is 570 cm³/mol. The molecule has 8 aliphatic heterocycles. The molecule has 7 aromatic rings. The Bertz CT molecular complexity index is 5130. The van der Waals surface area contributed by atoms with E-state index in [1.54, 1.807) is 47.7 Å². The SMILES string of the molecule is CCOc1cc(C(C)(C)C)ccc1N1CCOCC1.COc1cc(C(C)(C)C)ccc1N1CC(C)OC(C)C1.COc1cc(C(C)(C)C)ccc1N1CCOC(C)(C)C1.COc1cc(C(C)(C)C)ccc1N1CCOC(CO)C1.COc1cc(C(C)(C)C)ccc1N1CCOC2(COC2)C1.COc1cc(C(C)(C)C)ccc1N1CCOCC1.[2H]C1([2H])OC([2H])([2H])C(C)(C)N(c2ccc(C(C)(C)C)cc2OC)C1([2H])[2H]. The highest BCUT2D eigenvalue weighted by atomic mass is 16.6. The summed E-state index contributed by atoms with van der Waals surface area (Å²) in [7, 11) is 10.1. The summed E-state index contributed by atoms with van der Waals surface area (Å²) in [6.45, 7) is 69.8. The van der Waals surface area contributed by atoms with Crippen LogP contribution in [0.2, 0.25) is 0 Å². The molecule has 1 N–H and O–H groups in total. The summed E-state index contributed by atoms with van der Waals surface area (Å²) < 4.78 is 132. The van der Waals surface area contributed by atoms with Crippen LogP contribution in [0.1, 0.15) is 241 Å². The zero-order chi connectivity index (χ0) is 107. The summed E-state index contributed by atoms with van der Waals surface area (Å²) in [5.74, 6) is 6.05. The highest BCUT2D eigenvalue weighted by molar-refractivity contribution is 5.67. The molecule has 15 rings (SSSR count). The van der Waals surface area contributed by atoms with Gasteiger partial charge in [0, 0.05) is 78.5 Å². The molecule has 8 saturated heterocycles. The van der Waals surface area contributed by atoms with Crippen LogP contribution in [-0.4, -0.2) is 254 Å². The lowest BCUT2D eigenvalue weighted by atomic mass is 9.86. The van der Waals surface area contributed by atoms with Gasteiger partial charge in [0.1, 0.15) is 45.8 Å². The van der Waals surface area contributed by atoms with E-state index in [0.29, 0.717) is 38.7 Å². The van der Waals surface area contributed by atoms with Crippen LogP contribution in [0.15, 0.2) is 127 Å². The van der Waals surface area contributed by atoms with Gasteiger partial charge in [0.2, 0.25) is 0 Å². The van der Waals surface area contributed by atoms with Crippen molar-refractivity contribution >= 4 is 39.8 Å². The van der Waals surface area contributed by atoms with Crippen molar-refractivity contribution in [3.8, 4) is 40.2 Å². The molecule has 8 fully saturated rings. The number of aliphatic hydroxyl groups is 1. The van der Waals surface area contributed by atoms with Crippen molar-refractivity contribution in [1.29, 1.82) is 0 Å². The number of ether oxygens (including phenoxy) is 15. The maximum atomic E-state index is 9.25. The van der Waals surface area contributed by atoms with E-state index in [4.69, 9.17) is 79.3 Å². The molecule has 0 aromatic heterocycles. The number of nitrogens with zero attached hydrogens (tertiary/aromatic N) is 7. The van der Waals surface area contributed by atoms with E-state index in [2.05, 4.69) is 291 Å². The highest BCUT2D eigenvalue weighted by Gasteiger charge is 2.45. The molecule has 0 aliphatic carbocycles. The van der Waals surface area contributed by atoms with Crippen LogP contribution in [0.3, 0.4) is 0 Å². The number of rotatable bonds is 16. The number of anilines is 7. The van der Waals surface area contributed by atoms with Crippen molar-refractivity contribution in [2.24, 2.45) is 0 Å².